The summed E-state index contributed by atoms with van der Waals surface area (Å²) in [6.45, 7) is 6.53. The van der Waals surface area contributed by atoms with Gasteiger partial charge < -0.3 is 15.4 Å². The zero-order chi connectivity index (χ0) is 15.2. The highest BCUT2D eigenvalue weighted by Crippen LogP contribution is 2.22. The van der Waals surface area contributed by atoms with Crippen molar-refractivity contribution >= 4 is 23.4 Å². The van der Waals surface area contributed by atoms with Crippen LogP contribution in [0.15, 0.2) is 18.2 Å². The lowest BCUT2D eigenvalue weighted by Crippen LogP contribution is -2.33. The van der Waals surface area contributed by atoms with Crippen LogP contribution in [-0.2, 0) is 4.74 Å². The summed E-state index contributed by atoms with van der Waals surface area (Å²) < 4.78 is 17.9. The van der Waals surface area contributed by atoms with Crippen molar-refractivity contribution < 1.29 is 13.9 Å². The number of ether oxygens (including phenoxy) is 1. The number of halogens is 2. The van der Waals surface area contributed by atoms with Crippen LogP contribution in [0.5, 0.6) is 0 Å². The van der Waals surface area contributed by atoms with Gasteiger partial charge in [-0.1, -0.05) is 11.6 Å². The van der Waals surface area contributed by atoms with Crippen LogP contribution in [0.25, 0.3) is 0 Å². The van der Waals surface area contributed by atoms with Gasteiger partial charge in [0.05, 0.1) is 10.7 Å². The van der Waals surface area contributed by atoms with E-state index in [9.17, 15) is 9.18 Å². The van der Waals surface area contributed by atoms with Crippen molar-refractivity contribution in [2.45, 2.75) is 32.8 Å². The van der Waals surface area contributed by atoms with Gasteiger partial charge in [-0.25, -0.2) is 9.18 Å². The monoisotopic (exact) mass is 302 g/mol. The minimum absolute atomic E-state index is 0.338. The number of rotatable bonds is 5. The predicted octanol–water partition coefficient (Wildman–Crippen LogP) is 3.81. The van der Waals surface area contributed by atoms with Crippen molar-refractivity contribution in [2.75, 3.05) is 18.4 Å². The number of anilines is 1. The molecule has 0 saturated heterocycles. The number of amides is 1. The van der Waals surface area contributed by atoms with Gasteiger partial charge in [-0.15, -0.1) is 0 Å². The topological polar surface area (TPSA) is 50.4 Å². The molecular weight excluding hydrogens is 283 g/mol. The van der Waals surface area contributed by atoms with Gasteiger partial charge in [-0.3, -0.25) is 0 Å². The van der Waals surface area contributed by atoms with Gasteiger partial charge in [-0.2, -0.15) is 0 Å². The van der Waals surface area contributed by atoms with Crippen LogP contribution in [0.1, 0.15) is 27.2 Å². The zero-order valence-corrected chi connectivity index (χ0v) is 12.7. The first kappa shape index (κ1) is 16.6. The Balaban J connectivity index is 2.21. The fourth-order valence-electron chi connectivity index (χ4n) is 1.45. The van der Waals surface area contributed by atoms with Gasteiger partial charge >= 0.3 is 6.09 Å². The highest BCUT2D eigenvalue weighted by molar-refractivity contribution is 6.33. The van der Waals surface area contributed by atoms with E-state index < -0.39 is 11.7 Å². The Morgan fingerprint density at radius 1 is 1.35 bits per heavy atom. The lowest BCUT2D eigenvalue weighted by Gasteiger charge is -2.19. The molecule has 1 aromatic rings. The third-order valence-corrected chi connectivity index (χ3v) is 2.58. The lowest BCUT2D eigenvalue weighted by molar-refractivity contribution is 0.0528. The Bertz CT molecular complexity index is 461. The summed E-state index contributed by atoms with van der Waals surface area (Å²) in [5.41, 5.74) is 0.176. The van der Waals surface area contributed by atoms with E-state index in [1.165, 1.54) is 12.1 Å². The van der Waals surface area contributed by atoms with Gasteiger partial charge in [0, 0.05) is 13.1 Å². The number of benzene rings is 1. The lowest BCUT2D eigenvalue weighted by atomic mass is 10.2. The smallest absolute Gasteiger partial charge is 0.407 e. The summed E-state index contributed by atoms with van der Waals surface area (Å²) in [5, 5.41) is 6.06. The number of nitrogens with one attached hydrogen (secondary N) is 2. The first-order chi connectivity index (χ1) is 9.28. The normalized spacial score (nSPS) is 11.1. The largest absolute Gasteiger partial charge is 0.444 e. The Labute approximate surface area is 123 Å². The molecule has 20 heavy (non-hydrogen) atoms. The molecule has 0 aliphatic carbocycles. The molecule has 0 aromatic heterocycles. The van der Waals surface area contributed by atoms with Crippen molar-refractivity contribution in [2.24, 2.45) is 0 Å². The summed E-state index contributed by atoms with van der Waals surface area (Å²) in [6.07, 6.45) is 0.268. The Morgan fingerprint density at radius 2 is 2.05 bits per heavy atom. The number of alkyl carbamates (subject to hydrolysis) is 1. The van der Waals surface area contributed by atoms with E-state index in [2.05, 4.69) is 10.6 Å². The van der Waals surface area contributed by atoms with Crippen LogP contribution >= 0.6 is 11.6 Å². The van der Waals surface area contributed by atoms with Gasteiger partial charge in [-0.05, 0) is 45.4 Å². The average molecular weight is 303 g/mol. The Kier molecular flexibility index (Phi) is 6.07. The first-order valence-corrected chi connectivity index (χ1v) is 6.81. The van der Waals surface area contributed by atoms with Crippen LogP contribution < -0.4 is 10.6 Å². The van der Waals surface area contributed by atoms with Gasteiger partial charge in [0.2, 0.25) is 0 Å². The number of carbonyl (C=O) groups excluding carboxylic acids is 1. The Hall–Kier alpha value is -1.49. The molecular formula is C14H20ClFN2O2. The van der Waals surface area contributed by atoms with Crippen LogP contribution in [0.4, 0.5) is 14.9 Å². The van der Waals surface area contributed by atoms with Crippen molar-refractivity contribution in [1.82, 2.24) is 5.32 Å². The highest BCUT2D eigenvalue weighted by Gasteiger charge is 2.15. The molecule has 6 heteroatoms. The maximum absolute atomic E-state index is 12.8. The molecule has 4 nitrogen and oxygen atoms in total. The molecule has 0 bridgehead atoms. The maximum atomic E-state index is 12.8. The van der Waals surface area contributed by atoms with Gasteiger partial charge in [0.15, 0.2) is 0 Å². The highest BCUT2D eigenvalue weighted by atomic mass is 35.5. The molecule has 2 N–H and O–H groups in total. The van der Waals surface area contributed by atoms with Gasteiger partial charge in [0.25, 0.3) is 0 Å². The van der Waals surface area contributed by atoms with Crippen molar-refractivity contribution in [3.63, 3.8) is 0 Å². The van der Waals surface area contributed by atoms with Crippen molar-refractivity contribution in [1.29, 1.82) is 0 Å². The molecule has 0 spiro atoms. The van der Waals surface area contributed by atoms with Crippen LogP contribution in [0.2, 0.25) is 5.02 Å². The summed E-state index contributed by atoms with van der Waals surface area (Å²) in [5.74, 6) is -0.368. The second kappa shape index (κ2) is 7.33. The minimum Gasteiger partial charge on any atom is -0.444 e. The van der Waals surface area contributed by atoms with E-state index in [4.69, 9.17) is 16.3 Å². The molecule has 0 radical (unpaired) electrons. The second-order valence-corrected chi connectivity index (χ2v) is 5.74. The molecule has 1 rings (SSSR count). The molecule has 112 valence electrons. The van der Waals surface area contributed by atoms with Crippen LogP contribution in [-0.4, -0.2) is 24.8 Å². The third kappa shape index (κ3) is 6.61. The van der Waals surface area contributed by atoms with Gasteiger partial charge in [0.1, 0.15) is 11.4 Å². The number of hydrogen-bond donors (Lipinski definition) is 2. The van der Waals surface area contributed by atoms with Crippen LogP contribution in [0.3, 0.4) is 0 Å². The molecule has 0 fully saturated rings. The summed E-state index contributed by atoms with van der Waals surface area (Å²) in [7, 11) is 0. The molecule has 0 aliphatic rings. The van der Waals surface area contributed by atoms with Crippen molar-refractivity contribution in [3.05, 3.63) is 29.0 Å². The quantitative estimate of drug-likeness (QED) is 0.813. The SMILES string of the molecule is CC(C)(C)OC(=O)NCCCNc1ccc(F)cc1Cl. The standard InChI is InChI=1S/C14H20ClFN2O2/c1-14(2,3)20-13(19)18-8-4-7-17-12-6-5-10(16)9-11(12)15/h5-6,9,17H,4,7-8H2,1-3H3,(H,18,19). The maximum Gasteiger partial charge on any atom is 0.407 e. The van der Waals surface area contributed by atoms with E-state index in [1.807, 2.05) is 20.8 Å². The van der Waals surface area contributed by atoms with E-state index in [0.29, 0.717) is 30.2 Å². The van der Waals surface area contributed by atoms with E-state index in [-0.39, 0.29) is 5.82 Å². The zero-order valence-electron chi connectivity index (χ0n) is 11.9. The number of carbonyl (C=O) groups is 1. The summed E-state index contributed by atoms with van der Waals surface area (Å²) in [6, 6.07) is 4.18. The summed E-state index contributed by atoms with van der Waals surface area (Å²) >= 11 is 5.87. The predicted molar refractivity (Wildman–Crippen MR) is 78.8 cm³/mol. The summed E-state index contributed by atoms with van der Waals surface area (Å²) in [4.78, 5) is 11.4. The Morgan fingerprint density at radius 3 is 2.65 bits per heavy atom. The first-order valence-electron chi connectivity index (χ1n) is 6.44. The molecule has 0 unspecified atom stereocenters. The fourth-order valence-corrected chi connectivity index (χ4v) is 1.68. The second-order valence-electron chi connectivity index (χ2n) is 5.33. The van der Waals surface area contributed by atoms with Crippen LogP contribution in [0, 0.1) is 5.82 Å². The van der Waals surface area contributed by atoms with Crippen molar-refractivity contribution in [3.8, 4) is 0 Å². The van der Waals surface area contributed by atoms with E-state index in [1.54, 1.807) is 6.07 Å². The fraction of sp³-hybridized carbons (Fsp3) is 0.500. The molecule has 0 aliphatic heterocycles. The molecule has 0 heterocycles. The molecule has 1 amide bonds. The van der Waals surface area contributed by atoms with E-state index in [0.717, 1.165) is 0 Å². The molecule has 0 atom stereocenters. The minimum atomic E-state index is -0.496. The number of hydrogen-bond acceptors (Lipinski definition) is 3. The van der Waals surface area contributed by atoms with E-state index >= 15 is 0 Å². The molecule has 1 aromatic carbocycles. The average Bonchev–Trinajstić information content (AvgIpc) is 2.28. The molecule has 0 saturated carbocycles. The third-order valence-electron chi connectivity index (χ3n) is 2.27.